The van der Waals surface area contributed by atoms with Gasteiger partial charge in [0.1, 0.15) is 5.78 Å². The highest BCUT2D eigenvalue weighted by Crippen LogP contribution is 2.03. The molecular weight excluding hydrogens is 180 g/mol. The molecule has 0 aliphatic heterocycles. The summed E-state index contributed by atoms with van der Waals surface area (Å²) in [6.07, 6.45) is 1.15. The van der Waals surface area contributed by atoms with E-state index in [1.807, 2.05) is 30.3 Å². The van der Waals surface area contributed by atoms with Crippen LogP contribution in [-0.2, 0) is 11.2 Å². The number of hydrogen-bond donors (Lipinski definition) is 0. The van der Waals surface area contributed by atoms with Gasteiger partial charge in [0, 0.05) is 17.7 Å². The fourth-order valence-corrected chi connectivity index (χ4v) is 1.53. The van der Waals surface area contributed by atoms with E-state index in [1.54, 1.807) is 6.92 Å². The average Bonchev–Trinajstić information content (AvgIpc) is 2.04. The lowest BCUT2D eigenvalue weighted by Crippen LogP contribution is -2.04. The Labute approximate surface area is 83.8 Å². The van der Waals surface area contributed by atoms with Crippen LogP contribution in [-0.4, -0.2) is 10.6 Å². The first-order valence-electron chi connectivity index (χ1n) is 4.23. The maximum atomic E-state index is 10.8. The molecule has 1 aromatic rings. The van der Waals surface area contributed by atoms with Crippen molar-refractivity contribution < 1.29 is 4.79 Å². The topological polar surface area (TPSA) is 17.1 Å². The number of carbonyl (C=O) groups is 1. The lowest BCUT2D eigenvalue weighted by molar-refractivity contribution is -0.115. The van der Waals surface area contributed by atoms with Crippen LogP contribution < -0.4 is 0 Å². The molecule has 0 bridgehead atoms. The monoisotopic (exact) mass is 192 g/mol. The molecule has 0 unspecified atom stereocenters. The summed E-state index contributed by atoms with van der Waals surface area (Å²) in [6.45, 7) is 1.57. The summed E-state index contributed by atoms with van der Waals surface area (Å²) < 4.78 is 0. The number of Topliss-reactive ketones (excluding diaryl/α,β-unsaturated/α-hetero) is 1. The molecule has 0 aliphatic rings. The fourth-order valence-electron chi connectivity index (χ4n) is 1.16. The first kappa shape index (κ1) is 10.1. The van der Waals surface area contributed by atoms with Crippen LogP contribution in [0.25, 0.3) is 0 Å². The second kappa shape index (κ2) is 4.87. The molecule has 0 fully saturated rings. The third-order valence-electron chi connectivity index (χ3n) is 1.69. The van der Waals surface area contributed by atoms with E-state index in [-0.39, 0.29) is 5.78 Å². The van der Waals surface area contributed by atoms with Crippen LogP contribution in [0.3, 0.4) is 0 Å². The van der Waals surface area contributed by atoms with Crippen LogP contribution in [0.1, 0.15) is 18.9 Å². The van der Waals surface area contributed by atoms with E-state index in [9.17, 15) is 4.79 Å². The molecule has 0 N–H and O–H groups in total. The maximum absolute atomic E-state index is 10.8. The molecular formula is C11H12OS. The Morgan fingerprint density at radius 1 is 1.31 bits per heavy atom. The Hall–Kier alpha value is -1.02. The molecule has 2 heteroatoms. The second-order valence-electron chi connectivity index (χ2n) is 3.08. The summed E-state index contributed by atoms with van der Waals surface area (Å²) in [7, 11) is 0. The standard InChI is InChI=1S/C11H12OS/c1-9(12)7-11(13)8-10-5-3-2-4-6-10/h2-6H,7-8H2,1H3. The van der Waals surface area contributed by atoms with Crippen molar-refractivity contribution >= 4 is 22.9 Å². The summed E-state index contributed by atoms with van der Waals surface area (Å²) in [5, 5.41) is 0. The molecule has 1 aromatic carbocycles. The number of rotatable bonds is 4. The molecule has 0 aromatic heterocycles. The zero-order chi connectivity index (χ0) is 9.68. The van der Waals surface area contributed by atoms with Crippen LogP contribution in [0.15, 0.2) is 30.3 Å². The first-order chi connectivity index (χ1) is 6.18. The molecule has 0 radical (unpaired) electrons. The van der Waals surface area contributed by atoms with Crippen molar-refractivity contribution in [1.29, 1.82) is 0 Å². The predicted molar refractivity (Wildman–Crippen MR) is 58.0 cm³/mol. The first-order valence-corrected chi connectivity index (χ1v) is 4.64. The number of hydrogen-bond acceptors (Lipinski definition) is 2. The van der Waals surface area contributed by atoms with E-state index in [1.165, 1.54) is 5.56 Å². The third-order valence-corrected chi connectivity index (χ3v) is 1.98. The molecule has 1 rings (SSSR count). The SMILES string of the molecule is CC(=O)CC(=S)Cc1ccccc1. The molecule has 0 spiro atoms. The minimum Gasteiger partial charge on any atom is -0.300 e. The minimum absolute atomic E-state index is 0.140. The van der Waals surface area contributed by atoms with Gasteiger partial charge in [-0.05, 0) is 12.5 Å². The second-order valence-corrected chi connectivity index (χ2v) is 3.66. The van der Waals surface area contributed by atoms with E-state index in [2.05, 4.69) is 0 Å². The highest BCUT2D eigenvalue weighted by molar-refractivity contribution is 7.80. The van der Waals surface area contributed by atoms with Crippen molar-refractivity contribution in [2.45, 2.75) is 19.8 Å². The van der Waals surface area contributed by atoms with Gasteiger partial charge in [0.25, 0.3) is 0 Å². The Kier molecular flexibility index (Phi) is 3.77. The van der Waals surface area contributed by atoms with Crippen molar-refractivity contribution in [3.63, 3.8) is 0 Å². The zero-order valence-electron chi connectivity index (χ0n) is 7.62. The van der Waals surface area contributed by atoms with E-state index >= 15 is 0 Å². The zero-order valence-corrected chi connectivity index (χ0v) is 8.43. The third kappa shape index (κ3) is 3.95. The molecule has 0 saturated heterocycles. The van der Waals surface area contributed by atoms with Crippen molar-refractivity contribution in [2.75, 3.05) is 0 Å². The lowest BCUT2D eigenvalue weighted by atomic mass is 10.1. The molecule has 0 amide bonds. The van der Waals surface area contributed by atoms with E-state index < -0.39 is 0 Å². The van der Waals surface area contributed by atoms with Crippen molar-refractivity contribution in [2.24, 2.45) is 0 Å². The fraction of sp³-hybridized carbons (Fsp3) is 0.273. The molecule has 68 valence electrons. The number of ketones is 1. The Morgan fingerprint density at radius 2 is 1.92 bits per heavy atom. The molecule has 0 aliphatic carbocycles. The van der Waals surface area contributed by atoms with Gasteiger partial charge < -0.3 is 0 Å². The van der Waals surface area contributed by atoms with Crippen LogP contribution >= 0.6 is 12.2 Å². The van der Waals surface area contributed by atoms with Crippen LogP contribution in [0.2, 0.25) is 0 Å². The number of benzene rings is 1. The van der Waals surface area contributed by atoms with Gasteiger partial charge in [-0.15, -0.1) is 0 Å². The summed E-state index contributed by atoms with van der Waals surface area (Å²) in [5.74, 6) is 0.140. The molecule has 1 nitrogen and oxygen atoms in total. The van der Waals surface area contributed by atoms with Crippen molar-refractivity contribution in [3.8, 4) is 0 Å². The van der Waals surface area contributed by atoms with E-state index in [0.29, 0.717) is 6.42 Å². The number of carbonyl (C=O) groups excluding carboxylic acids is 1. The molecule has 13 heavy (non-hydrogen) atoms. The minimum atomic E-state index is 0.140. The van der Waals surface area contributed by atoms with Gasteiger partial charge in [-0.3, -0.25) is 4.79 Å². The summed E-state index contributed by atoms with van der Waals surface area (Å²) in [6, 6.07) is 9.97. The van der Waals surface area contributed by atoms with Crippen LogP contribution in [0.4, 0.5) is 0 Å². The summed E-state index contributed by atoms with van der Waals surface area (Å²) >= 11 is 5.09. The lowest BCUT2D eigenvalue weighted by Gasteiger charge is -2.00. The number of thiocarbonyl (C=S) groups is 1. The normalized spacial score (nSPS) is 9.62. The maximum Gasteiger partial charge on any atom is 0.134 e. The molecule has 0 atom stereocenters. The molecule has 0 heterocycles. The van der Waals surface area contributed by atoms with Crippen molar-refractivity contribution in [1.82, 2.24) is 0 Å². The van der Waals surface area contributed by atoms with Gasteiger partial charge in [-0.25, -0.2) is 0 Å². The van der Waals surface area contributed by atoms with Gasteiger partial charge >= 0.3 is 0 Å². The van der Waals surface area contributed by atoms with Crippen molar-refractivity contribution in [3.05, 3.63) is 35.9 Å². The Morgan fingerprint density at radius 3 is 2.46 bits per heavy atom. The van der Waals surface area contributed by atoms with Gasteiger partial charge in [0.15, 0.2) is 0 Å². The van der Waals surface area contributed by atoms with Gasteiger partial charge in [-0.2, -0.15) is 0 Å². The Balaban J connectivity index is 2.50. The van der Waals surface area contributed by atoms with E-state index in [0.717, 1.165) is 11.3 Å². The Bertz CT molecular complexity index is 303. The van der Waals surface area contributed by atoms with Crippen LogP contribution in [0, 0.1) is 0 Å². The van der Waals surface area contributed by atoms with Crippen LogP contribution in [0.5, 0.6) is 0 Å². The predicted octanol–water partition coefficient (Wildman–Crippen LogP) is 2.58. The largest absolute Gasteiger partial charge is 0.300 e. The molecule has 0 saturated carbocycles. The smallest absolute Gasteiger partial charge is 0.134 e. The summed E-state index contributed by atoms with van der Waals surface area (Å²) in [5.41, 5.74) is 1.17. The van der Waals surface area contributed by atoms with Gasteiger partial charge in [-0.1, -0.05) is 42.5 Å². The quantitative estimate of drug-likeness (QED) is 0.682. The van der Waals surface area contributed by atoms with E-state index in [4.69, 9.17) is 12.2 Å². The summed E-state index contributed by atoms with van der Waals surface area (Å²) in [4.78, 5) is 11.6. The average molecular weight is 192 g/mol. The highest BCUT2D eigenvalue weighted by Gasteiger charge is 2.01. The van der Waals surface area contributed by atoms with Gasteiger partial charge in [0.2, 0.25) is 0 Å². The highest BCUT2D eigenvalue weighted by atomic mass is 32.1. The van der Waals surface area contributed by atoms with Gasteiger partial charge in [0.05, 0.1) is 0 Å².